The molecule has 0 aromatic heterocycles. The molecule has 3 nitrogen and oxygen atoms in total. The first-order chi connectivity index (χ1) is 6.24. The predicted molar refractivity (Wildman–Crippen MR) is 52.9 cm³/mol. The molecule has 0 unspecified atom stereocenters. The summed E-state index contributed by atoms with van der Waals surface area (Å²) in [4.78, 5) is 11.6. The van der Waals surface area contributed by atoms with Crippen molar-refractivity contribution in [3.63, 3.8) is 0 Å². The summed E-state index contributed by atoms with van der Waals surface area (Å²) in [6, 6.07) is 7.10. The molecule has 1 N–H and O–H groups in total. The molecule has 1 amide bonds. The van der Waals surface area contributed by atoms with Gasteiger partial charge in [0.15, 0.2) is 0 Å². The molecule has 0 saturated carbocycles. The summed E-state index contributed by atoms with van der Waals surface area (Å²) >= 11 is 4.98. The van der Waals surface area contributed by atoms with Crippen LogP contribution < -0.4 is 5.32 Å². The molecule has 1 aromatic carbocycles. The third kappa shape index (κ3) is 2.91. The largest absolute Gasteiger partial charge is 0.450 e. The Morgan fingerprint density at radius 3 is 2.85 bits per heavy atom. The number of hydrogen-bond donors (Lipinski definition) is 1. The van der Waals surface area contributed by atoms with Crippen LogP contribution in [0.5, 0.6) is 0 Å². The van der Waals surface area contributed by atoms with E-state index in [1.807, 2.05) is 6.07 Å². The number of benzene rings is 1. The van der Waals surface area contributed by atoms with Crippen LogP contribution in [0.15, 0.2) is 29.2 Å². The Hall–Kier alpha value is -1.29. The Labute approximate surface area is 82.5 Å². The lowest BCUT2D eigenvalue weighted by atomic mass is 10.3. The predicted octanol–water partition coefficient (Wildman–Crippen LogP) is 2.81. The van der Waals surface area contributed by atoms with Gasteiger partial charge in [0.2, 0.25) is 0 Å². The summed E-state index contributed by atoms with van der Waals surface area (Å²) < 4.78 is 4.70. The molecule has 0 spiro atoms. The van der Waals surface area contributed by atoms with Gasteiger partial charge in [-0.3, -0.25) is 5.32 Å². The van der Waals surface area contributed by atoms with Crippen molar-refractivity contribution in [3.05, 3.63) is 24.3 Å². The number of nitrogens with one attached hydrogen (secondary N) is 1. The minimum atomic E-state index is -0.472. The Morgan fingerprint density at radius 2 is 2.23 bits per heavy atom. The smallest absolute Gasteiger partial charge is 0.411 e. The third-order valence-corrected chi connectivity index (χ3v) is 1.76. The van der Waals surface area contributed by atoms with E-state index in [9.17, 15) is 4.79 Å². The zero-order chi connectivity index (χ0) is 9.68. The van der Waals surface area contributed by atoms with Crippen molar-refractivity contribution in [2.24, 2.45) is 0 Å². The second-order valence-electron chi connectivity index (χ2n) is 2.34. The monoisotopic (exact) mass is 196 g/mol. The second kappa shape index (κ2) is 4.67. The molecular formula is C9H10NO2S. The Balaban J connectivity index is 2.63. The van der Waals surface area contributed by atoms with Crippen LogP contribution in [0.2, 0.25) is 0 Å². The zero-order valence-electron chi connectivity index (χ0n) is 7.24. The van der Waals surface area contributed by atoms with E-state index in [1.54, 1.807) is 25.1 Å². The van der Waals surface area contributed by atoms with Crippen molar-refractivity contribution < 1.29 is 9.53 Å². The summed E-state index contributed by atoms with van der Waals surface area (Å²) in [6.45, 7) is 2.10. The number of carbonyl (C=O) groups excluding carboxylic acids is 1. The highest BCUT2D eigenvalue weighted by Gasteiger charge is 2.03. The Kier molecular flexibility index (Phi) is 3.52. The molecule has 0 heterocycles. The van der Waals surface area contributed by atoms with Crippen molar-refractivity contribution in [2.45, 2.75) is 11.8 Å². The second-order valence-corrected chi connectivity index (χ2v) is 2.78. The average molecular weight is 196 g/mol. The standard InChI is InChI=1S/C9H10NO2S/c1-2-12-9(11)10-7-5-3-4-6-8(7)13/h3-6H,2H2,1H3,(H,10,11). The van der Waals surface area contributed by atoms with E-state index in [1.165, 1.54) is 0 Å². The highest BCUT2D eigenvalue weighted by Crippen LogP contribution is 2.18. The maximum absolute atomic E-state index is 11.0. The fourth-order valence-corrected chi connectivity index (χ4v) is 1.04. The van der Waals surface area contributed by atoms with Gasteiger partial charge in [0.05, 0.1) is 17.2 Å². The van der Waals surface area contributed by atoms with Crippen molar-refractivity contribution in [1.29, 1.82) is 0 Å². The van der Waals surface area contributed by atoms with E-state index in [0.29, 0.717) is 17.2 Å². The van der Waals surface area contributed by atoms with E-state index < -0.39 is 6.09 Å². The number of hydrogen-bond acceptors (Lipinski definition) is 2. The topological polar surface area (TPSA) is 38.3 Å². The lowest BCUT2D eigenvalue weighted by Crippen LogP contribution is -2.13. The highest BCUT2D eigenvalue weighted by atomic mass is 32.1. The summed E-state index contributed by atoms with van der Waals surface area (Å²) in [5.41, 5.74) is 0.607. The van der Waals surface area contributed by atoms with Crippen LogP contribution in [-0.4, -0.2) is 12.7 Å². The maximum Gasteiger partial charge on any atom is 0.411 e. The van der Waals surface area contributed by atoms with Gasteiger partial charge in [-0.2, -0.15) is 0 Å². The summed E-state index contributed by atoms with van der Waals surface area (Å²) in [7, 11) is 0. The van der Waals surface area contributed by atoms with Gasteiger partial charge in [0, 0.05) is 0 Å². The quantitative estimate of drug-likeness (QED) is 0.789. The normalized spacial score (nSPS) is 9.31. The molecule has 0 aliphatic heterocycles. The van der Waals surface area contributed by atoms with Crippen molar-refractivity contribution in [2.75, 3.05) is 11.9 Å². The molecule has 1 rings (SSSR count). The number of rotatable bonds is 2. The number of carbonyl (C=O) groups is 1. The van der Waals surface area contributed by atoms with Gasteiger partial charge in [-0.05, 0) is 19.1 Å². The van der Waals surface area contributed by atoms with Crippen LogP contribution in [-0.2, 0) is 4.74 Å². The first-order valence-electron chi connectivity index (χ1n) is 3.94. The van der Waals surface area contributed by atoms with Crippen LogP contribution in [0.1, 0.15) is 6.92 Å². The summed E-state index contributed by atoms with van der Waals surface area (Å²) in [5, 5.41) is 2.55. The maximum atomic E-state index is 11.0. The Morgan fingerprint density at radius 1 is 1.54 bits per heavy atom. The Bertz CT molecular complexity index is 301. The van der Waals surface area contributed by atoms with Gasteiger partial charge in [0.1, 0.15) is 0 Å². The fraction of sp³-hybridized carbons (Fsp3) is 0.222. The van der Waals surface area contributed by atoms with Gasteiger partial charge >= 0.3 is 6.09 Å². The molecular weight excluding hydrogens is 186 g/mol. The lowest BCUT2D eigenvalue weighted by molar-refractivity contribution is 0.168. The SMILES string of the molecule is CCOC(=O)Nc1ccccc1[S]. The van der Waals surface area contributed by atoms with Crippen LogP contribution >= 0.6 is 12.6 Å². The minimum absolute atomic E-state index is 0.353. The first-order valence-corrected chi connectivity index (χ1v) is 4.34. The number of para-hydroxylation sites is 1. The van der Waals surface area contributed by atoms with Gasteiger partial charge in [-0.1, -0.05) is 24.8 Å². The van der Waals surface area contributed by atoms with Gasteiger partial charge in [-0.15, -0.1) is 0 Å². The van der Waals surface area contributed by atoms with Gasteiger partial charge in [-0.25, -0.2) is 4.79 Å². The molecule has 0 aliphatic rings. The lowest BCUT2D eigenvalue weighted by Gasteiger charge is -2.05. The van der Waals surface area contributed by atoms with Crippen LogP contribution in [0.4, 0.5) is 10.5 Å². The van der Waals surface area contributed by atoms with Crippen molar-refractivity contribution in [1.82, 2.24) is 0 Å². The molecule has 0 fully saturated rings. The van der Waals surface area contributed by atoms with E-state index in [2.05, 4.69) is 5.32 Å². The molecule has 0 bridgehead atoms. The molecule has 69 valence electrons. The van der Waals surface area contributed by atoms with Gasteiger partial charge in [0.25, 0.3) is 0 Å². The number of ether oxygens (including phenoxy) is 1. The molecule has 1 aromatic rings. The molecule has 13 heavy (non-hydrogen) atoms. The van der Waals surface area contributed by atoms with E-state index >= 15 is 0 Å². The van der Waals surface area contributed by atoms with E-state index in [4.69, 9.17) is 17.4 Å². The van der Waals surface area contributed by atoms with Crippen molar-refractivity contribution >= 4 is 24.4 Å². The summed E-state index contributed by atoms with van der Waals surface area (Å²) in [5.74, 6) is 0. The summed E-state index contributed by atoms with van der Waals surface area (Å²) in [6.07, 6.45) is -0.472. The van der Waals surface area contributed by atoms with Crippen LogP contribution in [0.3, 0.4) is 0 Å². The third-order valence-electron chi connectivity index (χ3n) is 1.40. The molecule has 1 radical (unpaired) electrons. The van der Waals surface area contributed by atoms with E-state index in [0.717, 1.165) is 0 Å². The van der Waals surface area contributed by atoms with Gasteiger partial charge < -0.3 is 4.74 Å². The first kappa shape index (κ1) is 9.80. The molecule has 0 atom stereocenters. The molecule has 0 aliphatic carbocycles. The zero-order valence-corrected chi connectivity index (χ0v) is 8.06. The van der Waals surface area contributed by atoms with Crippen LogP contribution in [0.25, 0.3) is 0 Å². The number of amides is 1. The minimum Gasteiger partial charge on any atom is -0.450 e. The molecule has 4 heteroatoms. The highest BCUT2D eigenvalue weighted by molar-refractivity contribution is 7.80. The number of anilines is 1. The van der Waals surface area contributed by atoms with E-state index in [-0.39, 0.29) is 0 Å². The average Bonchev–Trinajstić information content (AvgIpc) is 2.09. The molecule has 0 saturated heterocycles. The van der Waals surface area contributed by atoms with Crippen molar-refractivity contribution in [3.8, 4) is 0 Å². The van der Waals surface area contributed by atoms with Crippen LogP contribution in [0, 0.1) is 0 Å². The fourth-order valence-electron chi connectivity index (χ4n) is 0.847.